The van der Waals surface area contributed by atoms with E-state index in [-0.39, 0.29) is 5.41 Å². The molecule has 1 fully saturated rings. The second-order valence-electron chi connectivity index (χ2n) is 11.5. The summed E-state index contributed by atoms with van der Waals surface area (Å²) >= 11 is 9.50. The molecule has 1 saturated heterocycles. The molecule has 0 bridgehead atoms. The van der Waals surface area contributed by atoms with Crippen LogP contribution in [-0.4, -0.2) is 22.6 Å². The Morgan fingerprint density at radius 2 is 1.56 bits per heavy atom. The van der Waals surface area contributed by atoms with Gasteiger partial charge < -0.3 is 4.74 Å². The Hall–Kier alpha value is -0.880. The Bertz CT molecular complexity index is 931. The number of rotatable bonds is 0. The molecule has 180 valence electrons. The number of fused-ring (bicyclic) bond motifs is 1. The monoisotopic (exact) mass is 496 g/mol. The average molecular weight is 497 g/mol. The van der Waals surface area contributed by atoms with Gasteiger partial charge in [-0.3, -0.25) is 4.40 Å². The lowest BCUT2D eigenvalue weighted by atomic mass is 9.76. The fraction of sp³-hybridized carbons (Fsp3) is 0.654. The van der Waals surface area contributed by atoms with E-state index in [1.807, 2.05) is 22.9 Å². The molecule has 3 aromatic heterocycles. The summed E-state index contributed by atoms with van der Waals surface area (Å²) in [4.78, 5) is 6.71. The minimum Gasteiger partial charge on any atom is -0.381 e. The summed E-state index contributed by atoms with van der Waals surface area (Å²) in [6.07, 6.45) is 4.52. The molecule has 4 rings (SSSR count). The summed E-state index contributed by atoms with van der Waals surface area (Å²) in [7, 11) is 0. The predicted octanol–water partition coefficient (Wildman–Crippen LogP) is 8.85. The maximum Gasteiger partial charge on any atom is 0.195 e. The molecule has 32 heavy (non-hydrogen) atoms. The number of halogens is 1. The van der Waals surface area contributed by atoms with Crippen molar-refractivity contribution in [3.05, 3.63) is 44.8 Å². The minimum atomic E-state index is 0.0393. The molecule has 3 aromatic rings. The van der Waals surface area contributed by atoms with Crippen LogP contribution in [0, 0.1) is 11.3 Å². The molecule has 0 radical (unpaired) electrons. The third-order valence-electron chi connectivity index (χ3n) is 5.64. The van der Waals surface area contributed by atoms with Crippen LogP contribution in [0.1, 0.15) is 85.7 Å². The number of hydrogen-bond acceptors (Lipinski definition) is 4. The lowest BCUT2D eigenvalue weighted by molar-refractivity contribution is 0.0286. The Morgan fingerprint density at radius 3 is 1.97 bits per heavy atom. The second kappa shape index (κ2) is 11.0. The van der Waals surface area contributed by atoms with E-state index in [0.29, 0.717) is 16.0 Å². The van der Waals surface area contributed by atoms with Gasteiger partial charge in [0.05, 0.1) is 5.69 Å². The van der Waals surface area contributed by atoms with Gasteiger partial charge in [0.2, 0.25) is 0 Å². The Labute approximate surface area is 208 Å². The number of aromatic nitrogens is 2. The molecule has 0 N–H and O–H groups in total. The van der Waals surface area contributed by atoms with Crippen LogP contribution in [0.3, 0.4) is 0 Å². The molecular weight excluding hydrogens is 456 g/mol. The van der Waals surface area contributed by atoms with Crippen molar-refractivity contribution in [3.8, 4) is 0 Å². The van der Waals surface area contributed by atoms with Crippen LogP contribution in [0.2, 0.25) is 5.15 Å². The number of thiophene rings is 1. The van der Waals surface area contributed by atoms with Gasteiger partial charge in [-0.15, -0.1) is 22.7 Å². The Kier molecular flexibility index (Phi) is 9.43. The summed E-state index contributed by atoms with van der Waals surface area (Å²) in [6, 6.07) is 4.29. The first-order valence-electron chi connectivity index (χ1n) is 11.4. The predicted molar refractivity (Wildman–Crippen MR) is 143 cm³/mol. The van der Waals surface area contributed by atoms with Crippen LogP contribution in [0.25, 0.3) is 4.96 Å². The lowest BCUT2D eigenvalue weighted by Crippen LogP contribution is -2.27. The first kappa shape index (κ1) is 27.4. The third-order valence-corrected chi connectivity index (χ3v) is 7.95. The van der Waals surface area contributed by atoms with Crippen LogP contribution in [0.5, 0.6) is 0 Å². The van der Waals surface area contributed by atoms with Crippen molar-refractivity contribution in [1.82, 2.24) is 9.38 Å². The van der Waals surface area contributed by atoms with Gasteiger partial charge in [-0.2, -0.15) is 0 Å². The van der Waals surface area contributed by atoms with Gasteiger partial charge >= 0.3 is 0 Å². The van der Waals surface area contributed by atoms with E-state index in [2.05, 4.69) is 89.2 Å². The molecule has 0 saturated carbocycles. The van der Waals surface area contributed by atoms with Crippen molar-refractivity contribution >= 4 is 39.2 Å². The van der Waals surface area contributed by atoms with Crippen molar-refractivity contribution in [3.63, 3.8) is 0 Å². The number of thiazole rings is 1. The molecule has 6 heteroatoms. The van der Waals surface area contributed by atoms with Crippen molar-refractivity contribution in [2.45, 2.75) is 86.0 Å². The average Bonchev–Trinajstić information content (AvgIpc) is 3.38. The van der Waals surface area contributed by atoms with Gasteiger partial charge in [-0.1, -0.05) is 80.0 Å². The Balaban J connectivity index is 0.000000174. The van der Waals surface area contributed by atoms with E-state index in [4.69, 9.17) is 16.3 Å². The van der Waals surface area contributed by atoms with E-state index in [1.54, 1.807) is 11.3 Å². The van der Waals surface area contributed by atoms with Gasteiger partial charge in [0, 0.05) is 35.1 Å². The SMILES string of the molecule is CC(C)(C)C1CCOCC1.CC(C)(C)c1c(Cl)nc2sccn12.CC(C)(C)c1cccs1. The van der Waals surface area contributed by atoms with Crippen molar-refractivity contribution in [2.24, 2.45) is 11.3 Å². The summed E-state index contributed by atoms with van der Waals surface area (Å²) in [5.74, 6) is 0.876. The highest BCUT2D eigenvalue weighted by Gasteiger charge is 2.26. The molecule has 0 spiro atoms. The van der Waals surface area contributed by atoms with E-state index in [0.717, 1.165) is 29.8 Å². The largest absolute Gasteiger partial charge is 0.381 e. The first-order valence-corrected chi connectivity index (χ1v) is 13.6. The molecule has 0 aliphatic carbocycles. The van der Waals surface area contributed by atoms with Crippen molar-refractivity contribution < 1.29 is 4.74 Å². The summed E-state index contributed by atoms with van der Waals surface area (Å²) in [5.41, 5.74) is 1.96. The second-order valence-corrected chi connectivity index (χ2v) is 13.7. The molecule has 1 aliphatic rings. The molecule has 0 aromatic carbocycles. The zero-order valence-electron chi connectivity index (χ0n) is 21.3. The number of ether oxygens (including phenoxy) is 1. The van der Waals surface area contributed by atoms with E-state index >= 15 is 0 Å². The first-order chi connectivity index (χ1) is 14.7. The minimum absolute atomic E-state index is 0.0393. The summed E-state index contributed by atoms with van der Waals surface area (Å²) in [5, 5.41) is 4.77. The maximum absolute atomic E-state index is 6.07. The fourth-order valence-corrected chi connectivity index (χ4v) is 5.73. The molecule has 0 atom stereocenters. The van der Waals surface area contributed by atoms with Gasteiger partial charge in [0.1, 0.15) is 0 Å². The van der Waals surface area contributed by atoms with E-state index in [1.165, 1.54) is 17.7 Å². The highest BCUT2D eigenvalue weighted by Crippen LogP contribution is 2.33. The Morgan fingerprint density at radius 1 is 0.938 bits per heavy atom. The van der Waals surface area contributed by atoms with Gasteiger partial charge in [-0.25, -0.2) is 4.98 Å². The van der Waals surface area contributed by atoms with Gasteiger partial charge in [0.25, 0.3) is 0 Å². The van der Waals surface area contributed by atoms with Crippen LogP contribution < -0.4 is 0 Å². The van der Waals surface area contributed by atoms with Crippen LogP contribution in [0.15, 0.2) is 29.1 Å². The standard InChI is InChI=1S/C9H11ClN2S.C9H18O.C8H12S/c1-9(2,3)6-7(10)11-8-12(6)4-5-13-8;1-9(2,3)8-4-6-10-7-5-8;1-8(2,3)7-5-4-6-9-7/h4-5H,1-3H3;8H,4-7H2,1-3H3;4-6H,1-3H3. The highest BCUT2D eigenvalue weighted by molar-refractivity contribution is 7.15. The zero-order chi connectivity index (χ0) is 24.2. The number of hydrogen-bond donors (Lipinski definition) is 0. The quantitative estimate of drug-likeness (QED) is 0.310. The highest BCUT2D eigenvalue weighted by atomic mass is 35.5. The molecule has 4 heterocycles. The summed E-state index contributed by atoms with van der Waals surface area (Å²) < 4.78 is 7.36. The molecular formula is C26H41ClN2OS2. The number of imidazole rings is 1. The van der Waals surface area contributed by atoms with E-state index in [9.17, 15) is 0 Å². The zero-order valence-corrected chi connectivity index (χ0v) is 23.7. The molecule has 0 unspecified atom stereocenters. The van der Waals surface area contributed by atoms with Crippen LogP contribution in [0.4, 0.5) is 0 Å². The fourth-order valence-electron chi connectivity index (χ4n) is 3.70. The normalized spacial score (nSPS) is 15.7. The summed E-state index contributed by atoms with van der Waals surface area (Å²) in [6.45, 7) is 22.0. The smallest absolute Gasteiger partial charge is 0.195 e. The van der Waals surface area contributed by atoms with Gasteiger partial charge in [0.15, 0.2) is 10.1 Å². The molecule has 0 amide bonds. The maximum atomic E-state index is 6.07. The topological polar surface area (TPSA) is 26.5 Å². The molecule has 1 aliphatic heterocycles. The van der Waals surface area contributed by atoms with Gasteiger partial charge in [-0.05, 0) is 41.0 Å². The molecule has 3 nitrogen and oxygen atoms in total. The third kappa shape index (κ3) is 7.86. The van der Waals surface area contributed by atoms with Crippen LogP contribution in [-0.2, 0) is 15.6 Å². The van der Waals surface area contributed by atoms with Crippen molar-refractivity contribution in [2.75, 3.05) is 13.2 Å². The van der Waals surface area contributed by atoms with Crippen LogP contribution >= 0.6 is 34.3 Å². The lowest BCUT2D eigenvalue weighted by Gasteiger charge is -2.33. The van der Waals surface area contributed by atoms with E-state index < -0.39 is 0 Å². The van der Waals surface area contributed by atoms with Crippen molar-refractivity contribution in [1.29, 1.82) is 0 Å². The number of nitrogens with zero attached hydrogens (tertiary/aromatic N) is 2.